The maximum atomic E-state index is 12.2. The number of rotatable bonds is 5. The fourth-order valence-electron chi connectivity index (χ4n) is 2.33. The summed E-state index contributed by atoms with van der Waals surface area (Å²) < 4.78 is 5.10. The molecule has 7 nitrogen and oxygen atoms in total. The molecule has 0 saturated carbocycles. The molecule has 3 heterocycles. The predicted molar refractivity (Wildman–Crippen MR) is 101 cm³/mol. The number of pyridine rings is 1. The van der Waals surface area contributed by atoms with Crippen molar-refractivity contribution in [3.63, 3.8) is 0 Å². The van der Waals surface area contributed by atoms with Crippen LogP contribution in [0, 0.1) is 0 Å². The molecule has 3 aromatic heterocycles. The van der Waals surface area contributed by atoms with Crippen molar-refractivity contribution >= 4 is 50.8 Å². The average molecular weight is 393 g/mol. The molecule has 0 aliphatic heterocycles. The lowest BCUT2D eigenvalue weighted by molar-refractivity contribution is 0.0529. The first-order valence-electron chi connectivity index (χ1n) is 7.88. The van der Waals surface area contributed by atoms with Crippen LogP contribution in [0.15, 0.2) is 23.6 Å². The van der Waals surface area contributed by atoms with E-state index in [1.165, 1.54) is 11.3 Å². The Morgan fingerprint density at radius 1 is 1.35 bits per heavy atom. The highest BCUT2D eigenvalue weighted by molar-refractivity contribution is 7.17. The number of nitrogens with one attached hydrogen (secondary N) is 1. The second kappa shape index (κ2) is 7.14. The smallest absolute Gasteiger partial charge is 0.339 e. The average Bonchev–Trinajstić information content (AvgIpc) is 2.98. The molecule has 0 aliphatic rings. The molecule has 0 fully saturated rings. The molecule has 3 aromatic rings. The largest absolute Gasteiger partial charge is 0.462 e. The number of hydrogen-bond donors (Lipinski definition) is 2. The van der Waals surface area contributed by atoms with Gasteiger partial charge < -0.3 is 15.2 Å². The summed E-state index contributed by atoms with van der Waals surface area (Å²) in [5.74, 6) is 0.359. The number of aromatic nitrogens is 3. The quantitative estimate of drug-likeness (QED) is 0.502. The first-order valence-corrected chi connectivity index (χ1v) is 9.14. The molecule has 3 rings (SSSR count). The Labute approximate surface area is 159 Å². The molecular weight excluding hydrogens is 376 g/mol. The standard InChI is InChI=1S/C17H17ClN4O3S/c1-4-25-15(23)9-8-26-14-12(9)13(21-16(18)22-14)20-11-7-5-6-10(19-11)17(2,3)24/h5-8,24H,4H2,1-3H3,(H,19,20,21,22). The lowest BCUT2D eigenvalue weighted by Gasteiger charge is -2.17. The van der Waals surface area contributed by atoms with Gasteiger partial charge in [0.25, 0.3) is 0 Å². The summed E-state index contributed by atoms with van der Waals surface area (Å²) in [6.07, 6.45) is 0. The van der Waals surface area contributed by atoms with E-state index in [-0.39, 0.29) is 11.9 Å². The molecule has 0 atom stereocenters. The van der Waals surface area contributed by atoms with Crippen molar-refractivity contribution in [3.05, 3.63) is 40.1 Å². The Balaban J connectivity index is 2.07. The second-order valence-corrected chi connectivity index (χ2v) is 7.18. The minimum absolute atomic E-state index is 0.0518. The van der Waals surface area contributed by atoms with E-state index < -0.39 is 11.6 Å². The highest BCUT2D eigenvalue weighted by Crippen LogP contribution is 2.33. The van der Waals surface area contributed by atoms with E-state index in [0.717, 1.165) is 0 Å². The Kier molecular flexibility index (Phi) is 5.08. The van der Waals surface area contributed by atoms with Crippen LogP contribution in [0.4, 0.5) is 11.6 Å². The number of carbonyl (C=O) groups excluding carboxylic acids is 1. The van der Waals surface area contributed by atoms with Crippen molar-refractivity contribution in [2.45, 2.75) is 26.4 Å². The molecule has 136 valence electrons. The summed E-state index contributed by atoms with van der Waals surface area (Å²) >= 11 is 7.29. The number of aliphatic hydroxyl groups is 1. The van der Waals surface area contributed by atoms with Gasteiger partial charge in [-0.3, -0.25) is 0 Å². The molecule has 0 aliphatic carbocycles. The van der Waals surface area contributed by atoms with Crippen LogP contribution in [-0.2, 0) is 10.3 Å². The van der Waals surface area contributed by atoms with Crippen LogP contribution in [0.1, 0.15) is 36.8 Å². The Hall–Kier alpha value is -2.29. The Morgan fingerprint density at radius 2 is 2.12 bits per heavy atom. The number of anilines is 2. The maximum Gasteiger partial charge on any atom is 0.339 e. The summed E-state index contributed by atoms with van der Waals surface area (Å²) in [5, 5.41) is 15.4. The normalized spacial score (nSPS) is 11.6. The topological polar surface area (TPSA) is 97.2 Å². The van der Waals surface area contributed by atoms with Gasteiger partial charge in [0.15, 0.2) is 0 Å². The lowest BCUT2D eigenvalue weighted by atomic mass is 10.1. The maximum absolute atomic E-state index is 12.2. The third kappa shape index (κ3) is 3.77. The first-order chi connectivity index (χ1) is 12.3. The van der Waals surface area contributed by atoms with Crippen molar-refractivity contribution in [1.29, 1.82) is 0 Å². The minimum Gasteiger partial charge on any atom is -0.462 e. The van der Waals surface area contributed by atoms with E-state index in [0.29, 0.717) is 33.1 Å². The lowest BCUT2D eigenvalue weighted by Crippen LogP contribution is -2.17. The molecule has 0 saturated heterocycles. The Bertz CT molecular complexity index is 968. The van der Waals surface area contributed by atoms with Gasteiger partial charge in [-0.1, -0.05) is 6.07 Å². The third-order valence-electron chi connectivity index (χ3n) is 3.52. The first kappa shape index (κ1) is 18.5. The highest BCUT2D eigenvalue weighted by Gasteiger charge is 2.21. The zero-order valence-corrected chi connectivity index (χ0v) is 16.0. The molecule has 0 spiro atoms. The monoisotopic (exact) mass is 392 g/mol. The zero-order valence-electron chi connectivity index (χ0n) is 14.4. The van der Waals surface area contributed by atoms with Gasteiger partial charge in [-0.15, -0.1) is 11.3 Å². The van der Waals surface area contributed by atoms with Gasteiger partial charge in [0, 0.05) is 5.38 Å². The molecule has 0 amide bonds. The number of nitrogens with zero attached hydrogens (tertiary/aromatic N) is 3. The molecule has 0 bridgehead atoms. The summed E-state index contributed by atoms with van der Waals surface area (Å²) in [5.41, 5.74) is -0.228. The van der Waals surface area contributed by atoms with Crippen LogP contribution < -0.4 is 5.32 Å². The van der Waals surface area contributed by atoms with Gasteiger partial charge in [-0.2, -0.15) is 4.98 Å². The number of ether oxygens (including phenoxy) is 1. The summed E-state index contributed by atoms with van der Waals surface area (Å²) in [7, 11) is 0. The van der Waals surface area contributed by atoms with Crippen LogP contribution in [0.5, 0.6) is 0 Å². The van der Waals surface area contributed by atoms with Crippen molar-refractivity contribution in [2.24, 2.45) is 0 Å². The number of fused-ring (bicyclic) bond motifs is 1. The minimum atomic E-state index is -1.09. The van der Waals surface area contributed by atoms with E-state index in [9.17, 15) is 9.90 Å². The highest BCUT2D eigenvalue weighted by atomic mass is 35.5. The van der Waals surface area contributed by atoms with Gasteiger partial charge in [0.05, 0.1) is 23.3 Å². The summed E-state index contributed by atoms with van der Waals surface area (Å²) in [6, 6.07) is 5.22. The van der Waals surface area contributed by atoms with E-state index >= 15 is 0 Å². The fourth-order valence-corrected chi connectivity index (χ4v) is 3.46. The molecule has 0 radical (unpaired) electrons. The van der Waals surface area contributed by atoms with E-state index in [2.05, 4.69) is 20.3 Å². The molecule has 26 heavy (non-hydrogen) atoms. The molecule has 2 N–H and O–H groups in total. The van der Waals surface area contributed by atoms with Crippen molar-refractivity contribution in [2.75, 3.05) is 11.9 Å². The van der Waals surface area contributed by atoms with E-state index in [1.54, 1.807) is 44.4 Å². The molecular formula is C17H17ClN4O3S. The third-order valence-corrected chi connectivity index (χ3v) is 4.57. The Morgan fingerprint density at radius 3 is 2.81 bits per heavy atom. The summed E-state index contributed by atoms with van der Waals surface area (Å²) in [4.78, 5) is 25.5. The number of hydrogen-bond acceptors (Lipinski definition) is 8. The number of carbonyl (C=O) groups is 1. The predicted octanol–water partition coefficient (Wildman–Crippen LogP) is 3.89. The fraction of sp³-hybridized carbons (Fsp3) is 0.294. The van der Waals surface area contributed by atoms with Crippen LogP contribution in [-0.4, -0.2) is 32.6 Å². The van der Waals surface area contributed by atoms with Crippen LogP contribution in [0.2, 0.25) is 5.28 Å². The van der Waals surface area contributed by atoms with Crippen molar-refractivity contribution in [3.8, 4) is 0 Å². The molecule has 9 heteroatoms. The molecule has 0 unspecified atom stereocenters. The van der Waals surface area contributed by atoms with E-state index in [1.807, 2.05) is 0 Å². The second-order valence-electron chi connectivity index (χ2n) is 5.98. The van der Waals surface area contributed by atoms with Gasteiger partial charge in [-0.05, 0) is 44.5 Å². The summed E-state index contributed by atoms with van der Waals surface area (Å²) in [6.45, 7) is 5.31. The number of thiophene rings is 1. The van der Waals surface area contributed by atoms with Crippen LogP contribution in [0.3, 0.4) is 0 Å². The van der Waals surface area contributed by atoms with Crippen LogP contribution in [0.25, 0.3) is 10.2 Å². The van der Waals surface area contributed by atoms with Crippen molar-refractivity contribution in [1.82, 2.24) is 15.0 Å². The van der Waals surface area contributed by atoms with Gasteiger partial charge in [-0.25, -0.2) is 14.8 Å². The van der Waals surface area contributed by atoms with Gasteiger partial charge in [0.2, 0.25) is 5.28 Å². The van der Waals surface area contributed by atoms with Gasteiger partial charge in [0.1, 0.15) is 22.1 Å². The number of halogens is 1. The number of esters is 1. The zero-order chi connectivity index (χ0) is 18.9. The van der Waals surface area contributed by atoms with Crippen LogP contribution >= 0.6 is 22.9 Å². The van der Waals surface area contributed by atoms with Gasteiger partial charge >= 0.3 is 5.97 Å². The van der Waals surface area contributed by atoms with E-state index in [4.69, 9.17) is 16.3 Å². The van der Waals surface area contributed by atoms with Crippen molar-refractivity contribution < 1.29 is 14.6 Å². The SMILES string of the molecule is CCOC(=O)c1csc2nc(Cl)nc(Nc3cccc(C(C)(C)O)n3)c12. The molecule has 0 aromatic carbocycles.